The Kier molecular flexibility index (Phi) is 4.32. The monoisotopic (exact) mass is 239 g/mol. The highest BCUT2D eigenvalue weighted by Crippen LogP contribution is 2.32. The Bertz CT molecular complexity index is 335. The molecule has 0 unspecified atom stereocenters. The second-order valence-corrected chi connectivity index (χ2v) is 5.28. The maximum Gasteiger partial charge on any atom is 0.329 e. The highest BCUT2D eigenvalue weighted by molar-refractivity contribution is 5.93. The van der Waals surface area contributed by atoms with Crippen LogP contribution in [0.25, 0.3) is 0 Å². The average Bonchev–Trinajstić information content (AvgIpc) is 2.20. The van der Waals surface area contributed by atoms with Crippen LogP contribution in [0.3, 0.4) is 0 Å². The Morgan fingerprint density at radius 3 is 2.24 bits per heavy atom. The number of allylic oxidation sites excluding steroid dienone is 1. The van der Waals surface area contributed by atoms with E-state index in [2.05, 4.69) is 12.2 Å². The Balaban J connectivity index is 2.77. The number of rotatable bonds is 3. The zero-order valence-electron chi connectivity index (χ0n) is 10.7. The number of carbonyl (C=O) groups excluding carboxylic acids is 1. The molecule has 1 amide bonds. The van der Waals surface area contributed by atoms with Gasteiger partial charge in [0.05, 0.1) is 0 Å². The van der Waals surface area contributed by atoms with Gasteiger partial charge in [-0.2, -0.15) is 0 Å². The van der Waals surface area contributed by atoms with Crippen molar-refractivity contribution in [3.8, 4) is 0 Å². The average molecular weight is 239 g/mol. The maximum atomic E-state index is 11.7. The molecule has 1 rings (SSSR count). The van der Waals surface area contributed by atoms with Crippen molar-refractivity contribution in [3.05, 3.63) is 11.6 Å². The Morgan fingerprint density at radius 1 is 1.29 bits per heavy atom. The van der Waals surface area contributed by atoms with Crippen LogP contribution in [0.5, 0.6) is 0 Å². The van der Waals surface area contributed by atoms with E-state index in [0.29, 0.717) is 18.8 Å². The number of carbonyl (C=O) groups is 2. The molecule has 0 aromatic carbocycles. The quantitative estimate of drug-likeness (QED) is 0.741. The number of amides is 1. The van der Waals surface area contributed by atoms with E-state index in [4.69, 9.17) is 0 Å². The summed E-state index contributed by atoms with van der Waals surface area (Å²) in [6.45, 7) is 5.75. The molecule has 0 heterocycles. The molecule has 0 aliphatic heterocycles. The van der Waals surface area contributed by atoms with Gasteiger partial charge < -0.3 is 10.4 Å². The molecule has 1 saturated carbocycles. The van der Waals surface area contributed by atoms with E-state index < -0.39 is 11.5 Å². The molecule has 17 heavy (non-hydrogen) atoms. The largest absolute Gasteiger partial charge is 0.480 e. The third kappa shape index (κ3) is 3.58. The molecule has 0 bridgehead atoms. The molecule has 4 heteroatoms. The summed E-state index contributed by atoms with van der Waals surface area (Å²) in [7, 11) is 0. The zero-order chi connectivity index (χ0) is 13.1. The lowest BCUT2D eigenvalue weighted by Crippen LogP contribution is -2.55. The first-order chi connectivity index (χ1) is 7.85. The normalized spacial score (nSPS) is 28.3. The van der Waals surface area contributed by atoms with Gasteiger partial charge in [-0.15, -0.1) is 0 Å². The van der Waals surface area contributed by atoms with Gasteiger partial charge in [0.2, 0.25) is 5.91 Å². The van der Waals surface area contributed by atoms with E-state index in [1.165, 1.54) is 6.08 Å². The minimum Gasteiger partial charge on any atom is -0.480 e. The van der Waals surface area contributed by atoms with Crippen LogP contribution < -0.4 is 5.32 Å². The van der Waals surface area contributed by atoms with Crippen LogP contribution in [-0.4, -0.2) is 22.5 Å². The summed E-state index contributed by atoms with van der Waals surface area (Å²) in [5.41, 5.74) is -0.192. The molecule has 0 spiro atoms. The zero-order valence-corrected chi connectivity index (χ0v) is 10.7. The number of carboxylic acid groups (broad SMARTS) is 1. The van der Waals surface area contributed by atoms with Gasteiger partial charge in [0.25, 0.3) is 0 Å². The fourth-order valence-electron chi connectivity index (χ4n) is 2.18. The molecule has 0 aromatic rings. The van der Waals surface area contributed by atoms with E-state index in [1.54, 1.807) is 0 Å². The third-order valence-electron chi connectivity index (χ3n) is 3.32. The lowest BCUT2D eigenvalue weighted by molar-refractivity contribution is -0.149. The van der Waals surface area contributed by atoms with Crippen molar-refractivity contribution in [2.75, 3.05) is 0 Å². The summed E-state index contributed by atoms with van der Waals surface area (Å²) < 4.78 is 0. The minimum atomic E-state index is -1.06. The highest BCUT2D eigenvalue weighted by atomic mass is 16.4. The molecule has 0 atom stereocenters. The van der Waals surface area contributed by atoms with E-state index in [9.17, 15) is 14.7 Å². The van der Waals surface area contributed by atoms with Crippen molar-refractivity contribution in [2.45, 2.75) is 52.0 Å². The number of aliphatic carboxylic acids is 1. The molecule has 0 radical (unpaired) electrons. The van der Waals surface area contributed by atoms with Gasteiger partial charge in [0.15, 0.2) is 0 Å². The van der Waals surface area contributed by atoms with E-state index in [-0.39, 0.29) is 5.91 Å². The van der Waals surface area contributed by atoms with Crippen molar-refractivity contribution in [3.63, 3.8) is 0 Å². The molecule has 1 aliphatic rings. The molecule has 0 saturated heterocycles. The van der Waals surface area contributed by atoms with Gasteiger partial charge in [0.1, 0.15) is 5.54 Å². The molecule has 96 valence electrons. The summed E-state index contributed by atoms with van der Waals surface area (Å²) in [5.74, 6) is -0.676. The van der Waals surface area contributed by atoms with Gasteiger partial charge in [-0.05, 0) is 45.4 Å². The summed E-state index contributed by atoms with van der Waals surface area (Å²) in [6, 6.07) is 0. The van der Waals surface area contributed by atoms with E-state index in [0.717, 1.165) is 18.4 Å². The van der Waals surface area contributed by atoms with Crippen molar-refractivity contribution < 1.29 is 14.7 Å². The smallest absolute Gasteiger partial charge is 0.329 e. The Morgan fingerprint density at radius 2 is 1.82 bits per heavy atom. The van der Waals surface area contributed by atoms with Crippen molar-refractivity contribution in [2.24, 2.45) is 5.92 Å². The van der Waals surface area contributed by atoms with Crippen LogP contribution >= 0.6 is 0 Å². The first-order valence-electron chi connectivity index (χ1n) is 6.06. The van der Waals surface area contributed by atoms with Crippen molar-refractivity contribution in [1.82, 2.24) is 5.32 Å². The first kappa shape index (κ1) is 13.7. The first-order valence-corrected chi connectivity index (χ1v) is 6.06. The predicted octanol–water partition coefficient (Wildman–Crippen LogP) is 2.10. The molecule has 4 nitrogen and oxygen atoms in total. The van der Waals surface area contributed by atoms with Crippen molar-refractivity contribution in [1.29, 1.82) is 0 Å². The van der Waals surface area contributed by atoms with Crippen LogP contribution in [0.4, 0.5) is 0 Å². The fraction of sp³-hybridized carbons (Fsp3) is 0.692. The summed E-state index contributed by atoms with van der Waals surface area (Å²) in [5, 5.41) is 12.0. The topological polar surface area (TPSA) is 66.4 Å². The second-order valence-electron chi connectivity index (χ2n) is 5.28. The van der Waals surface area contributed by atoms with Crippen LogP contribution in [0.1, 0.15) is 46.5 Å². The lowest BCUT2D eigenvalue weighted by Gasteiger charge is -2.36. The lowest BCUT2D eigenvalue weighted by atomic mass is 9.77. The third-order valence-corrected chi connectivity index (χ3v) is 3.32. The maximum absolute atomic E-state index is 11.7. The summed E-state index contributed by atoms with van der Waals surface area (Å²) in [4.78, 5) is 23.0. The molecular weight excluding hydrogens is 218 g/mol. The standard InChI is InChI=1S/C13H21NO3/c1-9(2)8-11(15)14-13(12(16)17)6-4-10(3)5-7-13/h8,10H,4-7H2,1-3H3,(H,14,15)(H,16,17). The number of hydrogen-bond donors (Lipinski definition) is 2. The number of carboxylic acids is 1. The second kappa shape index (κ2) is 5.34. The van der Waals surface area contributed by atoms with Gasteiger partial charge in [-0.25, -0.2) is 4.79 Å². The molecular formula is C13H21NO3. The van der Waals surface area contributed by atoms with Gasteiger partial charge in [-0.1, -0.05) is 12.5 Å². The van der Waals surface area contributed by atoms with Crippen LogP contribution in [0.15, 0.2) is 11.6 Å². The van der Waals surface area contributed by atoms with Crippen molar-refractivity contribution >= 4 is 11.9 Å². The number of nitrogens with one attached hydrogen (secondary N) is 1. The van der Waals surface area contributed by atoms with Crippen LogP contribution in [0.2, 0.25) is 0 Å². The van der Waals surface area contributed by atoms with E-state index in [1.807, 2.05) is 13.8 Å². The molecule has 1 aliphatic carbocycles. The minimum absolute atomic E-state index is 0.304. The predicted molar refractivity (Wildman–Crippen MR) is 65.6 cm³/mol. The Labute approximate surface area is 102 Å². The van der Waals surface area contributed by atoms with Crippen LogP contribution in [-0.2, 0) is 9.59 Å². The fourth-order valence-corrected chi connectivity index (χ4v) is 2.18. The van der Waals surface area contributed by atoms with Gasteiger partial charge in [-0.3, -0.25) is 4.79 Å². The van der Waals surface area contributed by atoms with Gasteiger partial charge in [0, 0.05) is 6.08 Å². The molecule has 0 aromatic heterocycles. The molecule has 1 fully saturated rings. The highest BCUT2D eigenvalue weighted by Gasteiger charge is 2.42. The Hall–Kier alpha value is -1.32. The van der Waals surface area contributed by atoms with E-state index >= 15 is 0 Å². The molecule has 2 N–H and O–H groups in total. The summed E-state index contributed by atoms with van der Waals surface area (Å²) >= 11 is 0. The summed E-state index contributed by atoms with van der Waals surface area (Å²) in [6.07, 6.45) is 4.18. The number of hydrogen-bond acceptors (Lipinski definition) is 2. The van der Waals surface area contributed by atoms with Crippen LogP contribution in [0, 0.1) is 5.92 Å². The SMILES string of the molecule is CC(C)=CC(=O)NC1(C(=O)O)CCC(C)CC1. The van der Waals surface area contributed by atoms with Gasteiger partial charge >= 0.3 is 5.97 Å².